The maximum absolute atomic E-state index is 12.0. The zero-order valence-electron chi connectivity index (χ0n) is 9.59. The number of hydrogen-bond donors (Lipinski definition) is 0. The molecule has 1 atom stereocenters. The lowest BCUT2D eigenvalue weighted by atomic mass is 9.72. The van der Waals surface area contributed by atoms with Crippen molar-refractivity contribution < 1.29 is 9.53 Å². The van der Waals surface area contributed by atoms with Gasteiger partial charge in [-0.25, -0.2) is 0 Å². The summed E-state index contributed by atoms with van der Waals surface area (Å²) in [5.41, 5.74) is 0.849. The quantitative estimate of drug-likeness (QED) is 0.512. The molecule has 1 aliphatic carbocycles. The Labute approximate surface area is 86.3 Å². The van der Waals surface area contributed by atoms with Gasteiger partial charge >= 0.3 is 5.97 Å². The smallest absolute Gasteiger partial charge is 0.316 e. The van der Waals surface area contributed by atoms with Crippen LogP contribution in [0, 0.1) is 11.3 Å². The van der Waals surface area contributed by atoms with Crippen molar-refractivity contribution in [2.75, 3.05) is 6.61 Å². The molecule has 0 aromatic carbocycles. The van der Waals surface area contributed by atoms with Crippen LogP contribution in [0.25, 0.3) is 0 Å². The van der Waals surface area contributed by atoms with Gasteiger partial charge < -0.3 is 4.74 Å². The van der Waals surface area contributed by atoms with Gasteiger partial charge in [0.15, 0.2) is 0 Å². The number of hydrogen-bond acceptors (Lipinski definition) is 2. The van der Waals surface area contributed by atoms with Crippen LogP contribution in [0.5, 0.6) is 0 Å². The van der Waals surface area contributed by atoms with E-state index in [4.69, 9.17) is 4.74 Å². The summed E-state index contributed by atoms with van der Waals surface area (Å²) < 4.78 is 5.18. The fraction of sp³-hybridized carbons (Fsp3) is 0.750. The lowest BCUT2D eigenvalue weighted by molar-refractivity contribution is -0.155. The first-order chi connectivity index (χ1) is 6.55. The van der Waals surface area contributed by atoms with Crippen molar-refractivity contribution in [3.63, 3.8) is 0 Å². The second kappa shape index (κ2) is 4.16. The van der Waals surface area contributed by atoms with E-state index < -0.39 is 0 Å². The Bertz CT molecular complexity index is 253. The molecule has 2 heteroatoms. The van der Waals surface area contributed by atoms with Crippen molar-refractivity contribution in [1.82, 2.24) is 0 Å². The lowest BCUT2D eigenvalue weighted by Gasteiger charge is -2.32. The van der Waals surface area contributed by atoms with Crippen molar-refractivity contribution in [3.05, 3.63) is 11.6 Å². The maximum Gasteiger partial charge on any atom is 0.316 e. The van der Waals surface area contributed by atoms with E-state index in [2.05, 4.69) is 19.9 Å². The summed E-state index contributed by atoms with van der Waals surface area (Å²) in [4.78, 5) is 12.0. The van der Waals surface area contributed by atoms with Crippen LogP contribution >= 0.6 is 0 Å². The largest absolute Gasteiger partial charge is 0.465 e. The molecule has 80 valence electrons. The predicted molar refractivity (Wildman–Crippen MR) is 56.9 cm³/mol. The third kappa shape index (κ3) is 1.58. The molecule has 0 bridgehead atoms. The van der Waals surface area contributed by atoms with Crippen LogP contribution in [0.2, 0.25) is 0 Å². The van der Waals surface area contributed by atoms with Gasteiger partial charge in [-0.2, -0.15) is 0 Å². The SMILES string of the molecule is CCOC(=O)C1(C(C)C)CCC=C1C. The normalized spacial score (nSPS) is 26.5. The summed E-state index contributed by atoms with van der Waals surface area (Å²) in [5, 5.41) is 0. The molecule has 14 heavy (non-hydrogen) atoms. The van der Waals surface area contributed by atoms with Gasteiger partial charge in [0.25, 0.3) is 0 Å². The standard InChI is InChI=1S/C12H20O2/c1-5-14-11(13)12(9(2)3)8-6-7-10(12)4/h7,9H,5-6,8H2,1-4H3. The number of esters is 1. The zero-order valence-corrected chi connectivity index (χ0v) is 9.59. The van der Waals surface area contributed by atoms with E-state index in [1.54, 1.807) is 0 Å². The van der Waals surface area contributed by atoms with E-state index in [9.17, 15) is 4.79 Å². The second-order valence-corrected chi connectivity index (χ2v) is 4.27. The minimum atomic E-state index is -0.337. The third-order valence-electron chi connectivity index (χ3n) is 3.32. The molecule has 0 aromatic rings. The molecule has 1 unspecified atom stereocenters. The first-order valence-corrected chi connectivity index (χ1v) is 5.40. The molecule has 0 saturated heterocycles. The van der Waals surface area contributed by atoms with Crippen LogP contribution in [-0.2, 0) is 9.53 Å². The fourth-order valence-electron chi connectivity index (χ4n) is 2.40. The van der Waals surface area contributed by atoms with Crippen molar-refractivity contribution in [1.29, 1.82) is 0 Å². The summed E-state index contributed by atoms with van der Waals surface area (Å²) >= 11 is 0. The summed E-state index contributed by atoms with van der Waals surface area (Å²) in [6.45, 7) is 8.57. The highest BCUT2D eigenvalue weighted by molar-refractivity contribution is 5.81. The molecule has 0 spiro atoms. The molecule has 1 aliphatic rings. The molecule has 0 heterocycles. The Morgan fingerprint density at radius 1 is 1.64 bits per heavy atom. The van der Waals surface area contributed by atoms with Crippen molar-refractivity contribution >= 4 is 5.97 Å². The number of carbonyl (C=O) groups is 1. The molecule has 0 fully saturated rings. The zero-order chi connectivity index (χ0) is 10.8. The number of carbonyl (C=O) groups excluding carboxylic acids is 1. The Morgan fingerprint density at radius 3 is 2.64 bits per heavy atom. The molecular formula is C12H20O2. The first kappa shape index (κ1) is 11.3. The first-order valence-electron chi connectivity index (χ1n) is 5.40. The maximum atomic E-state index is 12.0. The second-order valence-electron chi connectivity index (χ2n) is 4.27. The van der Waals surface area contributed by atoms with Crippen molar-refractivity contribution in [2.24, 2.45) is 11.3 Å². The van der Waals surface area contributed by atoms with Crippen LogP contribution in [0.4, 0.5) is 0 Å². The molecular weight excluding hydrogens is 176 g/mol. The van der Waals surface area contributed by atoms with Crippen LogP contribution in [0.1, 0.15) is 40.5 Å². The fourth-order valence-corrected chi connectivity index (χ4v) is 2.40. The van der Waals surface area contributed by atoms with Gasteiger partial charge in [0.05, 0.1) is 12.0 Å². The Kier molecular flexibility index (Phi) is 3.35. The van der Waals surface area contributed by atoms with Crippen LogP contribution < -0.4 is 0 Å². The number of rotatable bonds is 3. The van der Waals surface area contributed by atoms with Crippen LogP contribution in [0.3, 0.4) is 0 Å². The third-order valence-corrected chi connectivity index (χ3v) is 3.32. The predicted octanol–water partition coefficient (Wildman–Crippen LogP) is 2.93. The van der Waals surface area contributed by atoms with Gasteiger partial charge in [-0.1, -0.05) is 25.5 Å². The van der Waals surface area contributed by atoms with Gasteiger partial charge in [0.1, 0.15) is 0 Å². The highest BCUT2D eigenvalue weighted by Crippen LogP contribution is 2.45. The monoisotopic (exact) mass is 196 g/mol. The molecule has 0 N–H and O–H groups in total. The molecule has 0 aliphatic heterocycles. The minimum absolute atomic E-state index is 0.0405. The summed E-state index contributed by atoms with van der Waals surface area (Å²) in [6.07, 6.45) is 4.08. The Morgan fingerprint density at radius 2 is 2.29 bits per heavy atom. The topological polar surface area (TPSA) is 26.3 Å². The van der Waals surface area contributed by atoms with E-state index in [0.717, 1.165) is 12.8 Å². The summed E-state index contributed by atoms with van der Waals surface area (Å²) in [5.74, 6) is 0.279. The minimum Gasteiger partial charge on any atom is -0.465 e. The van der Waals surface area contributed by atoms with Crippen LogP contribution in [-0.4, -0.2) is 12.6 Å². The van der Waals surface area contributed by atoms with E-state index in [-0.39, 0.29) is 11.4 Å². The van der Waals surface area contributed by atoms with E-state index >= 15 is 0 Å². The average molecular weight is 196 g/mol. The van der Waals surface area contributed by atoms with Gasteiger partial charge in [-0.3, -0.25) is 4.79 Å². The molecule has 2 nitrogen and oxygen atoms in total. The molecule has 0 amide bonds. The molecule has 0 aromatic heterocycles. The number of allylic oxidation sites excluding steroid dienone is 1. The summed E-state index contributed by atoms with van der Waals surface area (Å²) in [7, 11) is 0. The summed E-state index contributed by atoms with van der Waals surface area (Å²) in [6, 6.07) is 0. The van der Waals surface area contributed by atoms with E-state index in [1.807, 2.05) is 13.8 Å². The van der Waals surface area contributed by atoms with Gasteiger partial charge in [-0.05, 0) is 32.6 Å². The van der Waals surface area contributed by atoms with Gasteiger partial charge in [0.2, 0.25) is 0 Å². The van der Waals surface area contributed by atoms with E-state index in [0.29, 0.717) is 12.5 Å². The Balaban J connectivity index is 2.94. The van der Waals surface area contributed by atoms with E-state index in [1.165, 1.54) is 5.57 Å². The highest BCUT2D eigenvalue weighted by Gasteiger charge is 2.46. The average Bonchev–Trinajstić information content (AvgIpc) is 2.48. The van der Waals surface area contributed by atoms with Crippen molar-refractivity contribution in [2.45, 2.75) is 40.5 Å². The molecule has 0 saturated carbocycles. The highest BCUT2D eigenvalue weighted by atomic mass is 16.5. The van der Waals surface area contributed by atoms with Gasteiger partial charge in [0, 0.05) is 0 Å². The Hall–Kier alpha value is -0.790. The lowest BCUT2D eigenvalue weighted by Crippen LogP contribution is -2.37. The number of ether oxygens (including phenoxy) is 1. The van der Waals surface area contributed by atoms with Gasteiger partial charge in [-0.15, -0.1) is 0 Å². The van der Waals surface area contributed by atoms with Crippen molar-refractivity contribution in [3.8, 4) is 0 Å². The molecule has 1 rings (SSSR count). The molecule has 0 radical (unpaired) electrons. The van der Waals surface area contributed by atoms with Crippen LogP contribution in [0.15, 0.2) is 11.6 Å².